The van der Waals surface area contributed by atoms with Crippen molar-refractivity contribution >= 4 is 5.82 Å². The molecule has 2 aromatic rings. The van der Waals surface area contributed by atoms with Gasteiger partial charge in [0, 0.05) is 24.8 Å². The van der Waals surface area contributed by atoms with Gasteiger partial charge in [-0.2, -0.15) is 5.10 Å². The van der Waals surface area contributed by atoms with Crippen LogP contribution in [0.3, 0.4) is 0 Å². The number of aromatic nitrogens is 4. The molecule has 0 radical (unpaired) electrons. The maximum atomic E-state index is 4.46. The van der Waals surface area contributed by atoms with E-state index in [1.807, 2.05) is 16.9 Å². The first-order valence-electron chi connectivity index (χ1n) is 6.91. The van der Waals surface area contributed by atoms with Crippen LogP contribution in [0.2, 0.25) is 0 Å². The molecule has 0 saturated heterocycles. The Bertz CT molecular complexity index is 532. The zero-order valence-corrected chi connectivity index (χ0v) is 11.8. The molecule has 0 aliphatic carbocycles. The summed E-state index contributed by atoms with van der Waals surface area (Å²) < 4.78 is 1.96. The molecule has 1 N–H and O–H groups in total. The van der Waals surface area contributed by atoms with Gasteiger partial charge in [0.15, 0.2) is 0 Å². The van der Waals surface area contributed by atoms with Crippen LogP contribution in [0.1, 0.15) is 32.8 Å². The van der Waals surface area contributed by atoms with Gasteiger partial charge in [0.1, 0.15) is 12.1 Å². The number of aryl methyl sites for hydroxylation is 1. The molecule has 0 aliphatic rings. The molecule has 2 aromatic heterocycles. The van der Waals surface area contributed by atoms with Gasteiger partial charge in [0.25, 0.3) is 0 Å². The summed E-state index contributed by atoms with van der Waals surface area (Å²) in [6.07, 6.45) is 5.42. The second kappa shape index (κ2) is 6.31. The van der Waals surface area contributed by atoms with Crippen LogP contribution in [0, 0.1) is 0 Å². The van der Waals surface area contributed by atoms with E-state index < -0.39 is 0 Å². The minimum atomic E-state index is 0.840. The Morgan fingerprint density at radius 3 is 2.74 bits per heavy atom. The second-order valence-corrected chi connectivity index (χ2v) is 4.36. The minimum absolute atomic E-state index is 0.840. The van der Waals surface area contributed by atoms with E-state index in [-0.39, 0.29) is 0 Å². The summed E-state index contributed by atoms with van der Waals surface area (Å²) in [5.41, 5.74) is 3.20. The molecule has 0 aromatic carbocycles. The fourth-order valence-electron chi connectivity index (χ4n) is 2.15. The third-order valence-corrected chi connectivity index (χ3v) is 3.10. The van der Waals surface area contributed by atoms with Gasteiger partial charge in [-0.25, -0.2) is 9.97 Å². The van der Waals surface area contributed by atoms with E-state index in [1.54, 1.807) is 6.33 Å². The molecule has 0 bridgehead atoms. The molecule has 0 saturated carbocycles. The summed E-state index contributed by atoms with van der Waals surface area (Å²) in [4.78, 5) is 8.82. The average molecular weight is 259 g/mol. The van der Waals surface area contributed by atoms with Crippen LogP contribution in [-0.2, 0) is 13.0 Å². The lowest BCUT2D eigenvalue weighted by atomic mass is 10.1. The molecule has 19 heavy (non-hydrogen) atoms. The lowest BCUT2D eigenvalue weighted by Gasteiger charge is -2.13. The molecule has 2 heterocycles. The number of rotatable bonds is 6. The second-order valence-electron chi connectivity index (χ2n) is 4.36. The fraction of sp³-hybridized carbons (Fsp3) is 0.500. The summed E-state index contributed by atoms with van der Waals surface area (Å²) in [6, 6.07) is 2.01. The topological polar surface area (TPSA) is 55.6 Å². The van der Waals surface area contributed by atoms with Crippen LogP contribution < -0.4 is 5.32 Å². The molecular formula is C14H21N5. The first kappa shape index (κ1) is 13.5. The van der Waals surface area contributed by atoms with Crippen molar-refractivity contribution in [2.45, 2.75) is 40.2 Å². The van der Waals surface area contributed by atoms with E-state index in [9.17, 15) is 0 Å². The van der Waals surface area contributed by atoms with Gasteiger partial charge < -0.3 is 5.32 Å². The van der Waals surface area contributed by atoms with Crippen LogP contribution >= 0.6 is 0 Å². The largest absolute Gasteiger partial charge is 0.370 e. The SMILES string of the molecule is CCCNc1ncnc(-c2ccnn2CC)c1CC. The molecule has 5 heteroatoms. The Kier molecular flexibility index (Phi) is 4.49. The monoisotopic (exact) mass is 259 g/mol. The molecular weight excluding hydrogens is 238 g/mol. The lowest BCUT2D eigenvalue weighted by Crippen LogP contribution is -2.09. The van der Waals surface area contributed by atoms with Crippen molar-refractivity contribution in [1.29, 1.82) is 0 Å². The number of anilines is 1. The lowest BCUT2D eigenvalue weighted by molar-refractivity contribution is 0.665. The van der Waals surface area contributed by atoms with Crippen LogP contribution in [0.15, 0.2) is 18.6 Å². The smallest absolute Gasteiger partial charge is 0.133 e. The van der Waals surface area contributed by atoms with Crippen molar-refractivity contribution in [2.24, 2.45) is 0 Å². The molecule has 0 spiro atoms. The highest BCUT2D eigenvalue weighted by atomic mass is 15.3. The van der Waals surface area contributed by atoms with E-state index >= 15 is 0 Å². The van der Waals surface area contributed by atoms with Crippen LogP contribution in [0.5, 0.6) is 0 Å². The van der Waals surface area contributed by atoms with E-state index in [0.717, 1.165) is 48.7 Å². The van der Waals surface area contributed by atoms with E-state index in [2.05, 4.69) is 41.2 Å². The summed E-state index contributed by atoms with van der Waals surface area (Å²) in [5, 5.41) is 7.69. The Hall–Kier alpha value is -1.91. The Morgan fingerprint density at radius 1 is 1.21 bits per heavy atom. The quantitative estimate of drug-likeness (QED) is 0.866. The van der Waals surface area contributed by atoms with Crippen LogP contribution in [-0.4, -0.2) is 26.3 Å². The highest BCUT2D eigenvalue weighted by molar-refractivity contribution is 5.65. The number of nitrogens with zero attached hydrogens (tertiary/aromatic N) is 4. The predicted molar refractivity (Wildman–Crippen MR) is 77.1 cm³/mol. The van der Waals surface area contributed by atoms with Crippen molar-refractivity contribution in [1.82, 2.24) is 19.7 Å². The van der Waals surface area contributed by atoms with Crippen molar-refractivity contribution in [3.8, 4) is 11.4 Å². The molecule has 0 fully saturated rings. The molecule has 0 aliphatic heterocycles. The average Bonchev–Trinajstić information content (AvgIpc) is 2.92. The Labute approximate surface area is 114 Å². The van der Waals surface area contributed by atoms with Crippen molar-refractivity contribution in [3.05, 3.63) is 24.2 Å². The van der Waals surface area contributed by atoms with Gasteiger partial charge in [-0.1, -0.05) is 13.8 Å². The molecule has 102 valence electrons. The zero-order chi connectivity index (χ0) is 13.7. The first-order valence-corrected chi connectivity index (χ1v) is 6.91. The minimum Gasteiger partial charge on any atom is -0.370 e. The number of hydrogen-bond donors (Lipinski definition) is 1. The van der Waals surface area contributed by atoms with Gasteiger partial charge in [0.2, 0.25) is 0 Å². The van der Waals surface area contributed by atoms with Crippen LogP contribution in [0.25, 0.3) is 11.4 Å². The Balaban J connectivity index is 2.45. The molecule has 5 nitrogen and oxygen atoms in total. The summed E-state index contributed by atoms with van der Waals surface area (Å²) >= 11 is 0. The number of nitrogens with one attached hydrogen (secondary N) is 1. The van der Waals surface area contributed by atoms with Crippen LogP contribution in [0.4, 0.5) is 5.82 Å². The van der Waals surface area contributed by atoms with Gasteiger partial charge in [-0.3, -0.25) is 4.68 Å². The standard InChI is InChI=1S/C14H21N5/c1-4-8-15-14-11(5-2)13(16-10-17-14)12-7-9-18-19(12)6-3/h7,9-10H,4-6,8H2,1-3H3,(H,15,16,17). The van der Waals surface area contributed by atoms with Gasteiger partial charge in [0.05, 0.1) is 11.4 Å². The number of hydrogen-bond acceptors (Lipinski definition) is 4. The highest BCUT2D eigenvalue weighted by Crippen LogP contribution is 2.25. The molecule has 0 amide bonds. The summed E-state index contributed by atoms with van der Waals surface area (Å²) in [5.74, 6) is 0.943. The van der Waals surface area contributed by atoms with E-state index in [0.29, 0.717) is 0 Å². The Morgan fingerprint density at radius 2 is 2.05 bits per heavy atom. The van der Waals surface area contributed by atoms with E-state index in [4.69, 9.17) is 0 Å². The van der Waals surface area contributed by atoms with Gasteiger partial charge >= 0.3 is 0 Å². The fourth-order valence-corrected chi connectivity index (χ4v) is 2.15. The van der Waals surface area contributed by atoms with Crippen molar-refractivity contribution < 1.29 is 0 Å². The van der Waals surface area contributed by atoms with Crippen molar-refractivity contribution in [3.63, 3.8) is 0 Å². The maximum absolute atomic E-state index is 4.46. The zero-order valence-electron chi connectivity index (χ0n) is 11.8. The molecule has 0 atom stereocenters. The molecule has 0 unspecified atom stereocenters. The summed E-state index contributed by atoms with van der Waals surface area (Å²) in [6.45, 7) is 8.13. The maximum Gasteiger partial charge on any atom is 0.133 e. The molecule has 2 rings (SSSR count). The third-order valence-electron chi connectivity index (χ3n) is 3.10. The first-order chi connectivity index (χ1) is 9.31. The summed E-state index contributed by atoms with van der Waals surface area (Å²) in [7, 11) is 0. The van der Waals surface area contributed by atoms with E-state index in [1.165, 1.54) is 0 Å². The third kappa shape index (κ3) is 2.75. The normalized spacial score (nSPS) is 10.7. The van der Waals surface area contributed by atoms with Gasteiger partial charge in [-0.05, 0) is 25.8 Å². The van der Waals surface area contributed by atoms with Crippen molar-refractivity contribution in [2.75, 3.05) is 11.9 Å². The predicted octanol–water partition coefficient (Wildman–Crippen LogP) is 2.74. The highest BCUT2D eigenvalue weighted by Gasteiger charge is 2.14. The van der Waals surface area contributed by atoms with Gasteiger partial charge in [-0.15, -0.1) is 0 Å².